The molecule has 0 N–H and O–H groups in total. The van der Waals surface area contributed by atoms with E-state index in [0.717, 1.165) is 50.4 Å². The molecule has 1 aliphatic rings. The maximum absolute atomic E-state index is 12.8. The van der Waals surface area contributed by atoms with Crippen LogP contribution < -0.4 is 0 Å². The summed E-state index contributed by atoms with van der Waals surface area (Å²) in [6, 6.07) is 1.78. The van der Waals surface area contributed by atoms with E-state index in [1.54, 1.807) is 6.07 Å². The van der Waals surface area contributed by atoms with Crippen molar-refractivity contribution in [1.82, 2.24) is 19.6 Å². The van der Waals surface area contributed by atoms with Gasteiger partial charge in [0.05, 0.1) is 0 Å². The number of carbonyl (C=O) groups excluding carboxylic acids is 1. The summed E-state index contributed by atoms with van der Waals surface area (Å²) in [6.07, 6.45) is 8.30. The van der Waals surface area contributed by atoms with Crippen molar-refractivity contribution in [3.8, 4) is 0 Å². The zero-order valence-corrected chi connectivity index (χ0v) is 15.4. The van der Waals surface area contributed by atoms with Crippen LogP contribution >= 0.6 is 0 Å². The molecule has 3 heterocycles. The van der Waals surface area contributed by atoms with Crippen LogP contribution in [-0.4, -0.2) is 38.6 Å². The molecule has 6 nitrogen and oxygen atoms in total. The quantitative estimate of drug-likeness (QED) is 0.799. The Morgan fingerprint density at radius 3 is 3.00 bits per heavy atom. The number of piperidine rings is 1. The van der Waals surface area contributed by atoms with Crippen molar-refractivity contribution >= 4 is 5.91 Å². The number of aryl methyl sites for hydroxylation is 1. The maximum Gasteiger partial charge on any atom is 0.276 e. The normalized spacial score (nSPS) is 18.1. The van der Waals surface area contributed by atoms with E-state index in [9.17, 15) is 4.79 Å². The fourth-order valence-electron chi connectivity index (χ4n) is 3.39. The molecule has 3 rings (SSSR count). The van der Waals surface area contributed by atoms with Crippen LogP contribution in [0.4, 0.5) is 0 Å². The molecule has 0 aliphatic carbocycles. The molecule has 2 aromatic rings. The van der Waals surface area contributed by atoms with Gasteiger partial charge in [0, 0.05) is 49.9 Å². The largest absolute Gasteiger partial charge is 0.360 e. The molecule has 1 saturated heterocycles. The molecule has 1 aliphatic heterocycles. The summed E-state index contributed by atoms with van der Waals surface area (Å²) < 4.78 is 7.53. The first-order valence-corrected chi connectivity index (χ1v) is 9.37. The smallest absolute Gasteiger partial charge is 0.276 e. The first-order chi connectivity index (χ1) is 12.1. The number of amides is 1. The minimum atomic E-state index is -0.0352. The van der Waals surface area contributed by atoms with Gasteiger partial charge in [-0.1, -0.05) is 32.3 Å². The molecule has 0 saturated carbocycles. The topological polar surface area (TPSA) is 64.2 Å². The summed E-state index contributed by atoms with van der Waals surface area (Å²) in [5.41, 5.74) is 0.415. The minimum absolute atomic E-state index is 0.0352. The molecule has 2 aromatic heterocycles. The van der Waals surface area contributed by atoms with Crippen LogP contribution in [0.3, 0.4) is 0 Å². The van der Waals surface area contributed by atoms with E-state index in [-0.39, 0.29) is 11.8 Å². The average molecular weight is 344 g/mol. The molecule has 136 valence electrons. The Labute approximate surface area is 149 Å². The highest BCUT2D eigenvalue weighted by atomic mass is 16.5. The van der Waals surface area contributed by atoms with E-state index in [1.807, 2.05) is 24.9 Å². The van der Waals surface area contributed by atoms with E-state index < -0.39 is 0 Å². The molecule has 1 fully saturated rings. The van der Waals surface area contributed by atoms with Crippen molar-refractivity contribution in [2.75, 3.05) is 13.1 Å². The van der Waals surface area contributed by atoms with Crippen LogP contribution in [0.25, 0.3) is 0 Å². The predicted molar refractivity (Wildman–Crippen MR) is 95.6 cm³/mol. The fourth-order valence-corrected chi connectivity index (χ4v) is 3.39. The number of aromatic nitrogens is 3. The van der Waals surface area contributed by atoms with Crippen molar-refractivity contribution in [3.05, 3.63) is 35.7 Å². The SMILES string of the molecule is CCCCn1ccnc1C1CCCN(C(=O)c2cc(C(C)C)on2)C1. The number of unbranched alkanes of at least 4 members (excludes halogenated alkanes) is 1. The van der Waals surface area contributed by atoms with E-state index in [0.29, 0.717) is 18.2 Å². The third kappa shape index (κ3) is 3.94. The summed E-state index contributed by atoms with van der Waals surface area (Å²) in [6.45, 7) is 8.72. The van der Waals surface area contributed by atoms with Crippen molar-refractivity contribution in [2.24, 2.45) is 0 Å². The molecule has 0 spiro atoms. The van der Waals surface area contributed by atoms with Gasteiger partial charge in [0.1, 0.15) is 11.6 Å². The Morgan fingerprint density at radius 2 is 2.28 bits per heavy atom. The molecule has 0 bridgehead atoms. The van der Waals surface area contributed by atoms with Crippen LogP contribution in [0.2, 0.25) is 0 Å². The number of hydrogen-bond acceptors (Lipinski definition) is 4. The predicted octanol–water partition coefficient (Wildman–Crippen LogP) is 3.81. The van der Waals surface area contributed by atoms with Gasteiger partial charge in [0.25, 0.3) is 5.91 Å². The Hall–Kier alpha value is -2.11. The third-order valence-corrected chi connectivity index (χ3v) is 4.89. The second-order valence-electron chi connectivity index (χ2n) is 7.19. The Morgan fingerprint density at radius 1 is 1.44 bits per heavy atom. The first kappa shape index (κ1) is 17.7. The summed E-state index contributed by atoms with van der Waals surface area (Å²) in [7, 11) is 0. The standard InChI is InChI=1S/C19H28N4O2/c1-4-5-9-22-11-8-20-18(22)15-7-6-10-23(13-15)19(24)16-12-17(14(2)3)25-21-16/h8,11-12,14-15H,4-7,9-10,13H2,1-3H3. The van der Waals surface area contributed by atoms with Crippen LogP contribution in [0.15, 0.2) is 23.0 Å². The summed E-state index contributed by atoms with van der Waals surface area (Å²) in [4.78, 5) is 19.3. The molecular formula is C19H28N4O2. The Kier molecular flexibility index (Phi) is 5.56. The monoisotopic (exact) mass is 344 g/mol. The van der Waals surface area contributed by atoms with Crippen molar-refractivity contribution in [2.45, 2.75) is 64.8 Å². The molecule has 6 heteroatoms. The van der Waals surface area contributed by atoms with Gasteiger partial charge in [-0.15, -0.1) is 0 Å². The van der Waals surface area contributed by atoms with Crippen molar-refractivity contribution < 1.29 is 9.32 Å². The van der Waals surface area contributed by atoms with E-state index in [1.165, 1.54) is 0 Å². The van der Waals surface area contributed by atoms with Gasteiger partial charge >= 0.3 is 0 Å². The van der Waals surface area contributed by atoms with Gasteiger partial charge in [-0.2, -0.15) is 0 Å². The van der Waals surface area contributed by atoms with Gasteiger partial charge in [-0.3, -0.25) is 4.79 Å². The molecular weight excluding hydrogens is 316 g/mol. The second-order valence-corrected chi connectivity index (χ2v) is 7.19. The first-order valence-electron chi connectivity index (χ1n) is 9.37. The van der Waals surface area contributed by atoms with Gasteiger partial charge < -0.3 is 14.0 Å². The van der Waals surface area contributed by atoms with Gasteiger partial charge in [0.15, 0.2) is 5.69 Å². The van der Waals surface area contributed by atoms with Crippen LogP contribution in [-0.2, 0) is 6.54 Å². The lowest BCUT2D eigenvalue weighted by Crippen LogP contribution is -2.40. The number of imidazole rings is 1. The summed E-state index contributed by atoms with van der Waals surface area (Å²) >= 11 is 0. The van der Waals surface area contributed by atoms with Crippen LogP contribution in [0.5, 0.6) is 0 Å². The Balaban J connectivity index is 1.70. The van der Waals surface area contributed by atoms with Crippen LogP contribution in [0.1, 0.15) is 80.4 Å². The molecule has 0 radical (unpaired) electrons. The lowest BCUT2D eigenvalue weighted by molar-refractivity contribution is 0.0692. The van der Waals surface area contributed by atoms with E-state index in [4.69, 9.17) is 4.52 Å². The zero-order chi connectivity index (χ0) is 17.8. The highest BCUT2D eigenvalue weighted by Crippen LogP contribution is 2.27. The van der Waals surface area contributed by atoms with E-state index in [2.05, 4.69) is 27.8 Å². The zero-order valence-electron chi connectivity index (χ0n) is 15.4. The molecule has 1 unspecified atom stereocenters. The number of carbonyl (C=O) groups is 1. The number of nitrogens with zero attached hydrogens (tertiary/aromatic N) is 4. The molecule has 1 atom stereocenters. The number of likely N-dealkylation sites (tertiary alicyclic amines) is 1. The fraction of sp³-hybridized carbons (Fsp3) is 0.632. The number of hydrogen-bond donors (Lipinski definition) is 0. The summed E-state index contributed by atoms with van der Waals surface area (Å²) in [5, 5.41) is 3.97. The lowest BCUT2D eigenvalue weighted by Gasteiger charge is -2.32. The molecule has 25 heavy (non-hydrogen) atoms. The third-order valence-electron chi connectivity index (χ3n) is 4.89. The summed E-state index contributed by atoms with van der Waals surface area (Å²) in [5.74, 6) is 2.35. The Bertz CT molecular complexity index is 704. The molecule has 0 aromatic carbocycles. The highest BCUT2D eigenvalue weighted by molar-refractivity contribution is 5.92. The van der Waals surface area contributed by atoms with Gasteiger partial charge in [-0.05, 0) is 19.3 Å². The maximum atomic E-state index is 12.8. The minimum Gasteiger partial charge on any atom is -0.360 e. The van der Waals surface area contributed by atoms with E-state index >= 15 is 0 Å². The second kappa shape index (κ2) is 7.85. The number of rotatable bonds is 6. The van der Waals surface area contributed by atoms with Crippen molar-refractivity contribution in [1.29, 1.82) is 0 Å². The van der Waals surface area contributed by atoms with Crippen LogP contribution in [0, 0.1) is 0 Å². The lowest BCUT2D eigenvalue weighted by atomic mass is 9.96. The van der Waals surface area contributed by atoms with Crippen molar-refractivity contribution in [3.63, 3.8) is 0 Å². The van der Waals surface area contributed by atoms with Gasteiger partial charge in [0.2, 0.25) is 0 Å². The average Bonchev–Trinajstić information content (AvgIpc) is 3.28. The molecule has 1 amide bonds. The highest BCUT2D eigenvalue weighted by Gasteiger charge is 2.29. The van der Waals surface area contributed by atoms with Gasteiger partial charge in [-0.25, -0.2) is 4.98 Å².